The lowest BCUT2D eigenvalue weighted by Gasteiger charge is -2.39. The Kier molecular flexibility index (Phi) is 18.1. The Bertz CT molecular complexity index is 1350. The molecule has 1 heterocycles. The third kappa shape index (κ3) is 13.5. The third-order valence-electron chi connectivity index (χ3n) is 6.47. The number of ketones is 1. The molecule has 20 heteroatoms. The zero-order valence-electron chi connectivity index (χ0n) is 26.6. The summed E-state index contributed by atoms with van der Waals surface area (Å²) in [5.74, 6) is -6.99. The van der Waals surface area contributed by atoms with Crippen LogP contribution >= 0.6 is 24.4 Å². The van der Waals surface area contributed by atoms with Crippen LogP contribution in [-0.2, 0) is 28.7 Å². The van der Waals surface area contributed by atoms with Crippen LogP contribution in [0.5, 0.6) is 11.5 Å². The number of carbonyl (C=O) groups is 6. The van der Waals surface area contributed by atoms with Crippen LogP contribution in [0.15, 0.2) is 30.2 Å². The number of phenolic OH excluding ortho intramolecular Hbond substituents is 1. The Morgan fingerprint density at radius 3 is 2.29 bits per heavy atom. The molecule has 0 aromatic heterocycles. The van der Waals surface area contributed by atoms with E-state index in [2.05, 4.69) is 41.7 Å². The van der Waals surface area contributed by atoms with Gasteiger partial charge >= 0.3 is 11.9 Å². The van der Waals surface area contributed by atoms with Crippen molar-refractivity contribution in [1.82, 2.24) is 16.0 Å². The SMILES string of the molecule is C=C.CC(=O)CNC(=O)C(CSc1c(O)cc(C(=O)NCC(C)O)cc1OC1OC(C(=O)O)[C@@H](O)[C@H](S)[C@H]1O)NC(=O)CCC(N)C(=O)O. The standard InChI is InChI=1S/C27H38N4O14S2.C2H4/c1-10(32)7-29-23(38)12-5-15(34)22(16(6-12)44-27-19(37)21(46)18(36)20(45-27)26(42)43)47-9-14(24(39)30-8-11(2)33)31-17(35)4-3-13(28)25(40)41;1-2/h5-6,10,13-14,18-21,27,32,34,36-37,46H,3-4,7-9,28H2,1-2H3,(H,29,38)(H,30,39)(H,31,35)(H,40,41)(H,42,43);1-2H2/t10?,13?,14?,18-,19-,20?,21+,27?;/m1./s1. The summed E-state index contributed by atoms with van der Waals surface area (Å²) in [7, 11) is 0. The van der Waals surface area contributed by atoms with Crippen LogP contribution in [0.1, 0.15) is 37.0 Å². The van der Waals surface area contributed by atoms with Crippen LogP contribution in [0.3, 0.4) is 0 Å². The molecule has 0 radical (unpaired) electrons. The molecule has 1 saturated heterocycles. The lowest BCUT2D eigenvalue weighted by atomic mass is 10.0. The minimum Gasteiger partial charge on any atom is -0.507 e. The van der Waals surface area contributed by atoms with E-state index in [0.717, 1.165) is 12.1 Å². The molecule has 0 bridgehead atoms. The van der Waals surface area contributed by atoms with Crippen LogP contribution < -0.4 is 26.4 Å². The molecule has 8 atom stereocenters. The second-order valence-electron chi connectivity index (χ2n) is 10.6. The van der Waals surface area contributed by atoms with Crippen LogP contribution in [-0.4, -0.2) is 133 Å². The van der Waals surface area contributed by atoms with Crippen molar-refractivity contribution in [2.75, 3.05) is 18.8 Å². The minimum atomic E-state index is -1.88. The van der Waals surface area contributed by atoms with Crippen LogP contribution in [0.25, 0.3) is 0 Å². The number of phenols is 1. The van der Waals surface area contributed by atoms with Gasteiger partial charge in [0.1, 0.15) is 41.6 Å². The number of ether oxygens (including phenoxy) is 2. The van der Waals surface area contributed by atoms with E-state index in [1.54, 1.807) is 0 Å². The molecule has 0 aliphatic carbocycles. The predicted octanol–water partition coefficient (Wildman–Crippen LogP) is -2.01. The fourth-order valence-electron chi connectivity index (χ4n) is 3.93. The Labute approximate surface area is 290 Å². The summed E-state index contributed by atoms with van der Waals surface area (Å²) >= 11 is 4.76. The molecule has 1 aliphatic rings. The molecule has 274 valence electrons. The summed E-state index contributed by atoms with van der Waals surface area (Å²) in [6.07, 6.45) is -8.70. The first kappa shape index (κ1) is 43.1. The molecule has 0 spiro atoms. The number of nitrogens with two attached hydrogens (primary N) is 1. The van der Waals surface area contributed by atoms with Crippen molar-refractivity contribution >= 4 is 59.8 Å². The number of rotatable bonds is 17. The number of nitrogens with one attached hydrogen (secondary N) is 3. The van der Waals surface area contributed by atoms with Crippen LogP contribution in [0.4, 0.5) is 0 Å². The Morgan fingerprint density at radius 2 is 1.73 bits per heavy atom. The molecule has 3 amide bonds. The number of Topliss-reactive ketones (excluding diaryl/α,β-unsaturated/α-hetero) is 1. The van der Waals surface area contributed by atoms with Gasteiger partial charge in [-0.1, -0.05) is 0 Å². The fourth-order valence-corrected chi connectivity index (χ4v) is 5.25. The number of amides is 3. The number of carbonyl (C=O) groups excluding carboxylic acids is 4. The van der Waals surface area contributed by atoms with E-state index in [4.69, 9.17) is 20.3 Å². The Balaban J connectivity index is 0.00000589. The number of hydrogen-bond donors (Lipinski definition) is 11. The topological polar surface area (TPSA) is 304 Å². The number of thiol groups is 1. The average Bonchev–Trinajstić information content (AvgIpc) is 3.04. The number of benzene rings is 1. The highest BCUT2D eigenvalue weighted by molar-refractivity contribution is 7.99. The number of hydrogen-bond acceptors (Lipinski definition) is 15. The highest BCUT2D eigenvalue weighted by Crippen LogP contribution is 2.40. The molecule has 1 aromatic rings. The number of aliphatic carboxylic acids is 2. The van der Waals surface area contributed by atoms with Gasteiger partial charge in [-0.25, -0.2) is 4.79 Å². The van der Waals surface area contributed by atoms with Gasteiger partial charge in [0.25, 0.3) is 5.91 Å². The van der Waals surface area contributed by atoms with Gasteiger partial charge in [0.05, 0.1) is 22.8 Å². The number of aromatic hydroxyl groups is 1. The Hall–Kier alpha value is -3.92. The molecule has 18 nitrogen and oxygen atoms in total. The number of carboxylic acid groups (broad SMARTS) is 2. The molecule has 0 saturated carbocycles. The van der Waals surface area contributed by atoms with E-state index in [0.29, 0.717) is 11.8 Å². The number of aliphatic hydroxyl groups is 3. The van der Waals surface area contributed by atoms with Gasteiger partial charge in [0, 0.05) is 24.3 Å². The normalized spacial score (nSPS) is 21.8. The molecular weight excluding hydrogens is 692 g/mol. The van der Waals surface area contributed by atoms with Crippen LogP contribution in [0.2, 0.25) is 0 Å². The summed E-state index contributed by atoms with van der Waals surface area (Å²) < 4.78 is 11.0. The van der Waals surface area contributed by atoms with Crippen molar-refractivity contribution in [3.8, 4) is 11.5 Å². The third-order valence-corrected chi connectivity index (χ3v) is 8.28. The van der Waals surface area contributed by atoms with Gasteiger partial charge < -0.3 is 61.8 Å². The number of aliphatic hydroxyl groups excluding tert-OH is 3. The van der Waals surface area contributed by atoms with E-state index in [1.807, 2.05) is 0 Å². The maximum absolute atomic E-state index is 12.9. The van der Waals surface area contributed by atoms with E-state index in [1.165, 1.54) is 13.8 Å². The summed E-state index contributed by atoms with van der Waals surface area (Å²) in [5, 5.41) is 65.5. The molecule has 5 unspecified atom stereocenters. The highest BCUT2D eigenvalue weighted by Gasteiger charge is 2.47. The largest absolute Gasteiger partial charge is 0.507 e. The van der Waals surface area contributed by atoms with Crippen molar-refractivity contribution < 1.29 is 68.9 Å². The summed E-state index contributed by atoms with van der Waals surface area (Å²) in [6.45, 7) is 8.08. The second-order valence-corrected chi connectivity index (χ2v) is 12.2. The monoisotopic (exact) mass is 734 g/mol. The van der Waals surface area contributed by atoms with E-state index < -0.39 is 89.2 Å². The maximum Gasteiger partial charge on any atom is 0.335 e. The Morgan fingerprint density at radius 1 is 1.10 bits per heavy atom. The lowest BCUT2D eigenvalue weighted by molar-refractivity contribution is -0.234. The first-order valence-corrected chi connectivity index (χ1v) is 16.0. The minimum absolute atomic E-state index is 0.162. The van der Waals surface area contributed by atoms with Gasteiger partial charge in [-0.05, 0) is 32.4 Å². The number of carboxylic acids is 2. The van der Waals surface area contributed by atoms with Gasteiger partial charge in [0.2, 0.25) is 18.1 Å². The molecular formula is C29H42N4O14S2. The van der Waals surface area contributed by atoms with Crippen molar-refractivity contribution in [3.63, 3.8) is 0 Å². The van der Waals surface area contributed by atoms with Gasteiger partial charge in [0.15, 0.2) is 6.10 Å². The average molecular weight is 735 g/mol. The van der Waals surface area contributed by atoms with E-state index in [-0.39, 0.29) is 47.9 Å². The maximum atomic E-state index is 12.9. The summed E-state index contributed by atoms with van der Waals surface area (Å²) in [4.78, 5) is 72.1. The van der Waals surface area contributed by atoms with Crippen molar-refractivity contribution in [1.29, 1.82) is 0 Å². The molecule has 1 aliphatic heterocycles. The fraction of sp³-hybridized carbons (Fsp3) is 0.517. The van der Waals surface area contributed by atoms with Crippen LogP contribution in [0, 0.1) is 0 Å². The van der Waals surface area contributed by atoms with Crippen molar-refractivity contribution in [2.45, 2.75) is 79.6 Å². The molecule has 1 fully saturated rings. The molecule has 11 N–H and O–H groups in total. The zero-order chi connectivity index (χ0) is 37.6. The molecule has 1 aromatic carbocycles. The molecule has 2 rings (SSSR count). The van der Waals surface area contributed by atoms with E-state index >= 15 is 0 Å². The second kappa shape index (κ2) is 20.6. The zero-order valence-corrected chi connectivity index (χ0v) is 28.3. The van der Waals surface area contributed by atoms with Gasteiger partial charge in [-0.15, -0.1) is 24.9 Å². The molecule has 49 heavy (non-hydrogen) atoms. The summed E-state index contributed by atoms with van der Waals surface area (Å²) in [5.41, 5.74) is 5.23. The van der Waals surface area contributed by atoms with E-state index in [9.17, 15) is 54.3 Å². The lowest BCUT2D eigenvalue weighted by Crippen LogP contribution is -2.59. The highest BCUT2D eigenvalue weighted by atomic mass is 32.2. The quantitative estimate of drug-likeness (QED) is 0.0468. The smallest absolute Gasteiger partial charge is 0.335 e. The first-order chi connectivity index (χ1) is 22.9. The van der Waals surface area contributed by atoms with Crippen molar-refractivity contribution in [3.05, 3.63) is 30.9 Å². The number of thioether (sulfide) groups is 1. The van der Waals surface area contributed by atoms with Crippen molar-refractivity contribution in [2.24, 2.45) is 5.73 Å². The van der Waals surface area contributed by atoms with Gasteiger partial charge in [-0.3, -0.25) is 24.0 Å². The van der Waals surface area contributed by atoms with Gasteiger partial charge in [-0.2, -0.15) is 12.6 Å². The predicted molar refractivity (Wildman–Crippen MR) is 176 cm³/mol. The first-order valence-electron chi connectivity index (χ1n) is 14.5. The summed E-state index contributed by atoms with van der Waals surface area (Å²) in [6, 6.07) is -0.601.